The zero-order valence-electron chi connectivity index (χ0n) is 61.0. The lowest BCUT2D eigenvalue weighted by Gasteiger charge is -2.40. The topological polar surface area (TPSA) is 175 Å². The van der Waals surface area contributed by atoms with E-state index in [-0.39, 0.29) is 18.5 Å². The first kappa shape index (κ1) is 88.6. The van der Waals surface area contributed by atoms with Crippen molar-refractivity contribution in [1.82, 2.24) is 5.32 Å². The number of hydrogen-bond donors (Lipinski definition) is 6. The van der Waals surface area contributed by atoms with Crippen molar-refractivity contribution in [3.05, 3.63) is 48.6 Å². The molecule has 0 radical (unpaired) electrons. The van der Waals surface area contributed by atoms with E-state index in [2.05, 4.69) is 55.6 Å². The fourth-order valence-electron chi connectivity index (χ4n) is 12.8. The van der Waals surface area contributed by atoms with E-state index in [1.54, 1.807) is 6.08 Å². The third-order valence-corrected chi connectivity index (χ3v) is 19.1. The molecule has 0 aliphatic carbocycles. The molecule has 1 saturated heterocycles. The Morgan fingerprint density at radius 3 is 1.08 bits per heavy atom. The van der Waals surface area contributed by atoms with Crippen LogP contribution < -0.4 is 5.32 Å². The Labute approximate surface area is 574 Å². The molecule has 11 heteroatoms. The average molecular weight is 1310 g/mol. The second-order valence-corrected chi connectivity index (χ2v) is 28.1. The van der Waals surface area contributed by atoms with E-state index in [0.717, 1.165) is 64.2 Å². The number of unbranched alkanes of at least 4 members (excludes halogenated alkanes) is 52. The highest BCUT2D eigenvalue weighted by atomic mass is 16.7. The number of ether oxygens (including phenoxy) is 3. The SMILES string of the molecule is CCCCCC/C=C/CC/C=C/CC/C=C/C(O)C(COC1OC(CO)C(O)C(O)C1O)NC(=O)CCCCCCCCCCCCCCCCCCC/C=C\CCCCCCCCCCCCCCCCCCCCOC(=O)CCCCCCCCCCCCCC. The molecule has 1 aliphatic heterocycles. The lowest BCUT2D eigenvalue weighted by atomic mass is 9.99. The second-order valence-electron chi connectivity index (χ2n) is 28.1. The Bertz CT molecular complexity index is 1690. The predicted octanol–water partition coefficient (Wildman–Crippen LogP) is 21.9. The highest BCUT2D eigenvalue weighted by Gasteiger charge is 2.44. The summed E-state index contributed by atoms with van der Waals surface area (Å²) in [6.07, 6.45) is 84.4. The van der Waals surface area contributed by atoms with Crippen LogP contribution in [0.15, 0.2) is 48.6 Å². The van der Waals surface area contributed by atoms with E-state index in [9.17, 15) is 35.1 Å². The minimum atomic E-state index is -1.58. The van der Waals surface area contributed by atoms with Gasteiger partial charge in [0.1, 0.15) is 24.4 Å². The first-order valence-electron chi connectivity index (χ1n) is 40.4. The van der Waals surface area contributed by atoms with Crippen LogP contribution in [-0.4, -0.2) is 100 Å². The Morgan fingerprint density at radius 2 is 0.699 bits per heavy atom. The van der Waals surface area contributed by atoms with Gasteiger partial charge < -0.3 is 45.1 Å². The summed E-state index contributed by atoms with van der Waals surface area (Å²) in [7, 11) is 0. The van der Waals surface area contributed by atoms with E-state index in [4.69, 9.17) is 14.2 Å². The largest absolute Gasteiger partial charge is 0.466 e. The third-order valence-electron chi connectivity index (χ3n) is 19.1. The summed E-state index contributed by atoms with van der Waals surface area (Å²) in [6, 6.07) is -0.832. The van der Waals surface area contributed by atoms with E-state index in [1.807, 2.05) is 6.08 Å². The Hall–Kier alpha value is -2.38. The minimum absolute atomic E-state index is 0.0176. The van der Waals surface area contributed by atoms with Crippen LogP contribution in [0.5, 0.6) is 0 Å². The third kappa shape index (κ3) is 59.4. The van der Waals surface area contributed by atoms with Gasteiger partial charge in [-0.2, -0.15) is 0 Å². The van der Waals surface area contributed by atoms with Gasteiger partial charge in [-0.3, -0.25) is 9.59 Å². The Balaban J connectivity index is 1.91. The van der Waals surface area contributed by atoms with Crippen molar-refractivity contribution >= 4 is 11.9 Å². The molecular formula is C82H153NO10. The number of carbonyl (C=O) groups excluding carboxylic acids is 2. The smallest absolute Gasteiger partial charge is 0.305 e. The number of carbonyl (C=O) groups is 2. The average Bonchev–Trinajstić information content (AvgIpc) is 0.900. The quantitative estimate of drug-likeness (QED) is 0.0195. The van der Waals surface area contributed by atoms with Gasteiger partial charge in [-0.25, -0.2) is 0 Å². The number of rotatable bonds is 72. The normalized spacial score (nSPS) is 17.7. The Kier molecular flexibility index (Phi) is 67.6. The van der Waals surface area contributed by atoms with Crippen LogP contribution in [0.3, 0.4) is 0 Å². The van der Waals surface area contributed by atoms with Gasteiger partial charge in [-0.15, -0.1) is 0 Å². The van der Waals surface area contributed by atoms with Gasteiger partial charge in [0, 0.05) is 12.8 Å². The van der Waals surface area contributed by atoms with E-state index in [1.165, 1.54) is 308 Å². The number of nitrogens with one attached hydrogen (secondary N) is 1. The maximum Gasteiger partial charge on any atom is 0.305 e. The van der Waals surface area contributed by atoms with E-state index >= 15 is 0 Å². The molecule has 7 atom stereocenters. The van der Waals surface area contributed by atoms with Gasteiger partial charge in [0.2, 0.25) is 5.91 Å². The molecule has 1 amide bonds. The first-order chi connectivity index (χ1) is 45.7. The minimum Gasteiger partial charge on any atom is -0.466 e. The highest BCUT2D eigenvalue weighted by Crippen LogP contribution is 2.24. The van der Waals surface area contributed by atoms with E-state index in [0.29, 0.717) is 19.4 Å². The van der Waals surface area contributed by atoms with Gasteiger partial charge in [0.15, 0.2) is 6.29 Å². The van der Waals surface area contributed by atoms with Crippen LogP contribution in [0, 0.1) is 0 Å². The molecule has 0 aromatic carbocycles. The van der Waals surface area contributed by atoms with Gasteiger partial charge in [-0.05, 0) is 83.5 Å². The van der Waals surface area contributed by atoms with Crippen LogP contribution >= 0.6 is 0 Å². The fraction of sp³-hybridized carbons (Fsp3) is 0.878. The number of hydrogen-bond acceptors (Lipinski definition) is 10. The summed E-state index contributed by atoms with van der Waals surface area (Å²) in [5, 5.41) is 54.5. The Morgan fingerprint density at radius 1 is 0.387 bits per heavy atom. The van der Waals surface area contributed by atoms with Gasteiger partial charge in [0.25, 0.3) is 0 Å². The molecule has 0 saturated carbocycles. The molecule has 0 bridgehead atoms. The summed E-state index contributed by atoms with van der Waals surface area (Å²) in [4.78, 5) is 25.1. The second kappa shape index (κ2) is 70.9. The molecule has 0 spiro atoms. The van der Waals surface area contributed by atoms with Crippen molar-refractivity contribution < 1.29 is 49.3 Å². The van der Waals surface area contributed by atoms with Crippen LogP contribution in [-0.2, 0) is 23.8 Å². The summed E-state index contributed by atoms with van der Waals surface area (Å²) in [6.45, 7) is 4.35. The number of aliphatic hydroxyl groups is 5. The van der Waals surface area contributed by atoms with Gasteiger partial charge >= 0.3 is 5.97 Å². The van der Waals surface area contributed by atoms with Crippen molar-refractivity contribution in [2.45, 2.75) is 442 Å². The summed E-state index contributed by atoms with van der Waals surface area (Å²) < 4.78 is 16.8. The molecule has 11 nitrogen and oxygen atoms in total. The number of aliphatic hydroxyl groups excluding tert-OH is 5. The molecule has 6 N–H and O–H groups in total. The molecule has 1 heterocycles. The standard InChI is InChI=1S/C82H153NO10/c1-3-5-7-9-11-13-15-17-45-48-52-56-60-64-68-75(85)74(73-92-82-81(90)80(89)79(88)76(72-84)93-82)83-77(86)69-65-61-57-53-49-46-43-41-39-37-35-33-31-29-27-25-23-21-19-18-20-22-24-26-28-30-32-34-36-38-40-42-44-47-51-55-59-63-67-71-91-78(87)70-66-62-58-54-50-16-14-12-10-8-6-4-2/h13,15,18-19,48,52,64,68,74-76,79-82,84-85,88-90H,3-12,14,16-17,20-47,49-51,53-63,65-67,69-73H2,1-2H3,(H,83,86)/b15-13+,19-18-,52-48+,68-64+. The molecule has 546 valence electrons. The van der Waals surface area contributed by atoms with Crippen LogP contribution in [0.25, 0.3) is 0 Å². The molecule has 0 aromatic rings. The highest BCUT2D eigenvalue weighted by molar-refractivity contribution is 5.76. The predicted molar refractivity (Wildman–Crippen MR) is 394 cm³/mol. The zero-order valence-corrected chi connectivity index (χ0v) is 61.0. The fourth-order valence-corrected chi connectivity index (χ4v) is 12.8. The molecule has 1 fully saturated rings. The van der Waals surface area contributed by atoms with E-state index < -0.39 is 49.5 Å². The first-order valence-corrected chi connectivity index (χ1v) is 40.4. The number of allylic oxidation sites excluding steroid dienone is 7. The lowest BCUT2D eigenvalue weighted by molar-refractivity contribution is -0.302. The van der Waals surface area contributed by atoms with Crippen molar-refractivity contribution in [2.75, 3.05) is 19.8 Å². The van der Waals surface area contributed by atoms with Crippen molar-refractivity contribution in [3.8, 4) is 0 Å². The molecule has 1 aliphatic rings. The number of amides is 1. The van der Waals surface area contributed by atoms with Crippen molar-refractivity contribution in [1.29, 1.82) is 0 Å². The van der Waals surface area contributed by atoms with Crippen LogP contribution in [0.2, 0.25) is 0 Å². The van der Waals surface area contributed by atoms with Gasteiger partial charge in [0.05, 0.1) is 32.0 Å². The lowest BCUT2D eigenvalue weighted by Crippen LogP contribution is -2.60. The molecular weight excluding hydrogens is 1160 g/mol. The summed E-state index contributed by atoms with van der Waals surface area (Å²) in [5.74, 6) is -0.173. The maximum absolute atomic E-state index is 13.1. The summed E-state index contributed by atoms with van der Waals surface area (Å²) >= 11 is 0. The molecule has 0 aromatic heterocycles. The van der Waals surface area contributed by atoms with Crippen molar-refractivity contribution in [3.63, 3.8) is 0 Å². The van der Waals surface area contributed by atoms with Crippen LogP contribution in [0.1, 0.15) is 399 Å². The molecule has 1 rings (SSSR count). The van der Waals surface area contributed by atoms with Crippen molar-refractivity contribution in [2.24, 2.45) is 0 Å². The van der Waals surface area contributed by atoms with Crippen LogP contribution in [0.4, 0.5) is 0 Å². The zero-order chi connectivity index (χ0) is 67.2. The number of esters is 1. The molecule has 7 unspecified atom stereocenters. The summed E-state index contributed by atoms with van der Waals surface area (Å²) in [5.41, 5.74) is 0. The van der Waals surface area contributed by atoms with Gasteiger partial charge in [-0.1, -0.05) is 351 Å². The monoisotopic (exact) mass is 1310 g/mol. The maximum atomic E-state index is 13.1. The molecule has 93 heavy (non-hydrogen) atoms.